The Hall–Kier alpha value is -6.64. The summed E-state index contributed by atoms with van der Waals surface area (Å²) < 4.78 is 0. The summed E-state index contributed by atoms with van der Waals surface area (Å²) in [5.74, 6) is -3.67. The second-order valence-corrected chi connectivity index (χ2v) is 12.0. The van der Waals surface area contributed by atoms with Gasteiger partial charge >= 0.3 is 0 Å². The first kappa shape index (κ1) is 34.2. The van der Waals surface area contributed by atoms with Crippen LogP contribution in [0.5, 0.6) is 0 Å². The van der Waals surface area contributed by atoms with Gasteiger partial charge in [-0.1, -0.05) is 24.3 Å². The van der Waals surface area contributed by atoms with Crippen LogP contribution in [0.2, 0.25) is 0 Å². The maximum Gasteiger partial charge on any atom is 0.264 e. The van der Waals surface area contributed by atoms with Gasteiger partial charge in [0, 0.05) is 48.0 Å². The number of anilines is 3. The average Bonchev–Trinajstić information content (AvgIpc) is 3.38. The van der Waals surface area contributed by atoms with E-state index in [4.69, 9.17) is 5.73 Å². The molecule has 260 valence electrons. The SMILES string of the molecule is NC(=O)c1cnc2ccccc2c1Nc1ccc(C(=O)NCCCCNC(=O)CNc2cccc3c2C(=O)N(C2CCC(=O)NC2=O)C3=O)cc1. The van der Waals surface area contributed by atoms with Crippen LogP contribution in [0.4, 0.5) is 17.1 Å². The predicted octanol–water partition coefficient (Wildman–Crippen LogP) is 2.22. The summed E-state index contributed by atoms with van der Waals surface area (Å²) in [6.45, 7) is 0.564. The third-order valence-corrected chi connectivity index (χ3v) is 8.58. The monoisotopic (exact) mass is 690 g/mol. The van der Waals surface area contributed by atoms with Crippen LogP contribution >= 0.6 is 0 Å². The van der Waals surface area contributed by atoms with Crippen molar-refractivity contribution in [2.75, 3.05) is 30.3 Å². The Bertz CT molecular complexity index is 2080. The fraction of sp³-hybridized carbons (Fsp3) is 0.222. The van der Waals surface area contributed by atoms with E-state index in [-0.39, 0.29) is 53.6 Å². The molecule has 1 fully saturated rings. The van der Waals surface area contributed by atoms with E-state index in [9.17, 15) is 33.6 Å². The molecule has 4 aromatic rings. The van der Waals surface area contributed by atoms with E-state index in [0.29, 0.717) is 48.4 Å². The zero-order valence-electron chi connectivity index (χ0n) is 27.3. The summed E-state index contributed by atoms with van der Waals surface area (Å²) in [6.07, 6.45) is 2.68. The van der Waals surface area contributed by atoms with Crippen molar-refractivity contribution in [1.29, 1.82) is 0 Å². The average molecular weight is 691 g/mol. The first-order chi connectivity index (χ1) is 24.6. The Labute approximate surface area is 291 Å². The van der Waals surface area contributed by atoms with Crippen LogP contribution in [0.15, 0.2) is 72.9 Å². The lowest BCUT2D eigenvalue weighted by Gasteiger charge is -2.27. The number of carbonyl (C=O) groups is 7. The van der Waals surface area contributed by atoms with Gasteiger partial charge in [-0.25, -0.2) is 0 Å². The van der Waals surface area contributed by atoms with Gasteiger partial charge in [-0.15, -0.1) is 0 Å². The van der Waals surface area contributed by atoms with Crippen molar-refractivity contribution in [2.45, 2.75) is 31.7 Å². The first-order valence-electron chi connectivity index (χ1n) is 16.3. The van der Waals surface area contributed by atoms with Gasteiger partial charge in [-0.2, -0.15) is 0 Å². The highest BCUT2D eigenvalue weighted by atomic mass is 16.2. The van der Waals surface area contributed by atoms with Crippen molar-refractivity contribution in [2.24, 2.45) is 5.73 Å². The number of imide groups is 2. The van der Waals surface area contributed by atoms with Gasteiger partial charge < -0.3 is 27.0 Å². The molecule has 15 heteroatoms. The third-order valence-electron chi connectivity index (χ3n) is 8.58. The minimum Gasteiger partial charge on any atom is -0.375 e. The third kappa shape index (κ3) is 7.36. The lowest BCUT2D eigenvalue weighted by Crippen LogP contribution is -2.54. The molecule has 2 aliphatic heterocycles. The molecule has 7 amide bonds. The number of benzene rings is 3. The van der Waals surface area contributed by atoms with E-state index < -0.39 is 35.6 Å². The van der Waals surface area contributed by atoms with Gasteiger partial charge in [0.05, 0.1) is 34.4 Å². The van der Waals surface area contributed by atoms with E-state index in [1.807, 2.05) is 24.3 Å². The molecular formula is C36H34N8O7. The van der Waals surface area contributed by atoms with Crippen LogP contribution in [0.1, 0.15) is 67.1 Å². The van der Waals surface area contributed by atoms with Crippen LogP contribution in [-0.4, -0.2) is 76.9 Å². The number of nitrogens with two attached hydrogens (primary N) is 1. The zero-order chi connectivity index (χ0) is 36.1. The molecule has 3 heterocycles. The van der Waals surface area contributed by atoms with Gasteiger partial charge in [0.25, 0.3) is 23.6 Å². The molecule has 0 aliphatic carbocycles. The first-order valence-corrected chi connectivity index (χ1v) is 16.3. The van der Waals surface area contributed by atoms with Crippen molar-refractivity contribution in [3.63, 3.8) is 0 Å². The van der Waals surface area contributed by atoms with Crippen LogP contribution < -0.4 is 32.3 Å². The quantitative estimate of drug-likeness (QED) is 0.0887. The second-order valence-electron chi connectivity index (χ2n) is 12.0. The number of hydrogen-bond donors (Lipinski definition) is 6. The molecule has 7 N–H and O–H groups in total. The summed E-state index contributed by atoms with van der Waals surface area (Å²) in [5.41, 5.74) is 8.61. The highest BCUT2D eigenvalue weighted by Gasteiger charge is 2.45. The minimum atomic E-state index is -1.09. The lowest BCUT2D eigenvalue weighted by atomic mass is 10.0. The summed E-state index contributed by atoms with van der Waals surface area (Å²) in [5, 5.41) is 14.7. The number of hydrogen-bond acceptors (Lipinski definition) is 10. The van der Waals surface area contributed by atoms with Gasteiger partial charge in [0.15, 0.2) is 0 Å². The van der Waals surface area contributed by atoms with Gasteiger partial charge in [0.1, 0.15) is 6.04 Å². The predicted molar refractivity (Wildman–Crippen MR) is 186 cm³/mol. The number of nitrogens with zero attached hydrogens (tertiary/aromatic N) is 2. The van der Waals surface area contributed by atoms with Gasteiger partial charge in [-0.3, -0.25) is 48.8 Å². The number of aromatic nitrogens is 1. The normalized spacial score (nSPS) is 15.3. The number of primary amides is 1. The highest BCUT2D eigenvalue weighted by Crippen LogP contribution is 2.32. The molecule has 6 rings (SSSR count). The van der Waals surface area contributed by atoms with Crippen molar-refractivity contribution >= 4 is 69.3 Å². The molecule has 2 aliphatic rings. The lowest BCUT2D eigenvalue weighted by molar-refractivity contribution is -0.136. The molecule has 51 heavy (non-hydrogen) atoms. The van der Waals surface area contributed by atoms with Crippen molar-refractivity contribution < 1.29 is 33.6 Å². The Kier molecular flexibility index (Phi) is 9.97. The Morgan fingerprint density at radius 3 is 2.37 bits per heavy atom. The molecule has 15 nitrogen and oxygen atoms in total. The maximum atomic E-state index is 13.2. The molecule has 3 aromatic carbocycles. The number of rotatable bonds is 13. The van der Waals surface area contributed by atoms with Crippen LogP contribution in [0.3, 0.4) is 0 Å². The molecule has 1 unspecified atom stereocenters. The summed E-state index contributed by atoms with van der Waals surface area (Å²) in [4.78, 5) is 92.5. The van der Waals surface area contributed by atoms with E-state index in [1.54, 1.807) is 36.4 Å². The number of pyridine rings is 1. The Balaban J connectivity index is 0.929. The fourth-order valence-electron chi connectivity index (χ4n) is 5.99. The number of amides is 7. The molecule has 0 bridgehead atoms. The van der Waals surface area contributed by atoms with Crippen molar-refractivity contribution in [3.05, 3.63) is 95.2 Å². The number of fused-ring (bicyclic) bond motifs is 2. The topological polar surface area (TPSA) is 222 Å². The maximum absolute atomic E-state index is 13.2. The zero-order valence-corrected chi connectivity index (χ0v) is 27.3. The molecular weight excluding hydrogens is 656 g/mol. The van der Waals surface area contributed by atoms with E-state index in [2.05, 4.69) is 31.6 Å². The summed E-state index contributed by atoms with van der Waals surface area (Å²) >= 11 is 0. The Morgan fingerprint density at radius 2 is 1.63 bits per heavy atom. The summed E-state index contributed by atoms with van der Waals surface area (Å²) in [7, 11) is 0. The number of para-hydroxylation sites is 1. The van der Waals surface area contributed by atoms with E-state index >= 15 is 0 Å². The minimum absolute atomic E-state index is 0.0156. The fourth-order valence-corrected chi connectivity index (χ4v) is 5.99. The number of unbranched alkanes of at least 4 members (excludes halogenated alkanes) is 1. The Morgan fingerprint density at radius 1 is 0.882 bits per heavy atom. The number of nitrogens with one attached hydrogen (secondary N) is 5. The van der Waals surface area contributed by atoms with Crippen LogP contribution in [-0.2, 0) is 14.4 Å². The standard InChI is InChI=1S/C36H34N8O7/c37-32(47)24-18-40-25-8-2-1-6-22(25)31(24)42-21-12-10-20(11-13-21)33(48)39-17-4-3-16-38-29(46)19-41-26-9-5-7-23-30(26)36(51)44(35(23)50)27-14-15-28(45)43-34(27)49/h1-2,5-13,18,27,41H,3-4,14-17,19H2,(H2,37,47)(H,38,46)(H,39,48)(H,40,42)(H,43,45,49). The van der Waals surface area contributed by atoms with E-state index in [1.165, 1.54) is 12.3 Å². The van der Waals surface area contributed by atoms with Crippen molar-refractivity contribution in [3.8, 4) is 0 Å². The molecule has 1 saturated heterocycles. The highest BCUT2D eigenvalue weighted by molar-refractivity contribution is 6.25. The molecule has 1 atom stereocenters. The number of piperidine rings is 1. The van der Waals surface area contributed by atoms with Crippen LogP contribution in [0, 0.1) is 0 Å². The number of carbonyl (C=O) groups excluding carboxylic acids is 7. The smallest absolute Gasteiger partial charge is 0.264 e. The summed E-state index contributed by atoms with van der Waals surface area (Å²) in [6, 6.07) is 17.7. The van der Waals surface area contributed by atoms with E-state index in [0.717, 1.165) is 10.3 Å². The second kappa shape index (κ2) is 14.9. The molecule has 0 saturated carbocycles. The van der Waals surface area contributed by atoms with Gasteiger partial charge in [-0.05, 0) is 61.7 Å². The molecule has 0 radical (unpaired) electrons. The molecule has 1 aromatic heterocycles. The largest absolute Gasteiger partial charge is 0.375 e. The van der Waals surface area contributed by atoms with Crippen molar-refractivity contribution in [1.82, 2.24) is 25.8 Å². The molecule has 0 spiro atoms. The van der Waals surface area contributed by atoms with Crippen LogP contribution in [0.25, 0.3) is 10.9 Å². The van der Waals surface area contributed by atoms with Gasteiger partial charge in [0.2, 0.25) is 17.7 Å².